The van der Waals surface area contributed by atoms with Crippen LogP contribution >= 0.6 is 0 Å². The molecular formula is C15H18N2O. The molecule has 1 aromatic carbocycles. The molecule has 1 heterocycles. The third-order valence-electron chi connectivity index (χ3n) is 4.16. The maximum Gasteiger partial charge on any atom is 0.0703 e. The Bertz CT molecular complexity index is 579. The molecule has 18 heavy (non-hydrogen) atoms. The summed E-state index contributed by atoms with van der Waals surface area (Å²) in [5.74, 6) is 0. The first kappa shape index (κ1) is 11.5. The SMILES string of the molecule is CC1(C)C(O)CC1Nc1ccc2ncccc2c1. The summed E-state index contributed by atoms with van der Waals surface area (Å²) in [6.07, 6.45) is 2.43. The van der Waals surface area contributed by atoms with Gasteiger partial charge in [0.2, 0.25) is 0 Å². The van der Waals surface area contributed by atoms with Crippen molar-refractivity contribution in [2.45, 2.75) is 32.4 Å². The highest BCUT2D eigenvalue weighted by molar-refractivity contribution is 5.82. The van der Waals surface area contributed by atoms with Crippen LogP contribution in [0, 0.1) is 5.41 Å². The van der Waals surface area contributed by atoms with E-state index in [0.29, 0.717) is 6.04 Å². The molecule has 2 atom stereocenters. The van der Waals surface area contributed by atoms with Crippen molar-refractivity contribution in [2.24, 2.45) is 5.41 Å². The Hall–Kier alpha value is -1.61. The first-order valence-electron chi connectivity index (χ1n) is 6.37. The third kappa shape index (κ3) is 1.75. The van der Waals surface area contributed by atoms with Crippen LogP contribution in [0.2, 0.25) is 0 Å². The summed E-state index contributed by atoms with van der Waals surface area (Å²) >= 11 is 0. The Labute approximate surface area is 107 Å². The van der Waals surface area contributed by atoms with E-state index in [-0.39, 0.29) is 11.5 Å². The van der Waals surface area contributed by atoms with Gasteiger partial charge in [-0.2, -0.15) is 0 Å². The quantitative estimate of drug-likeness (QED) is 0.851. The maximum absolute atomic E-state index is 9.75. The number of anilines is 1. The number of fused-ring (bicyclic) bond motifs is 1. The first-order valence-corrected chi connectivity index (χ1v) is 6.37. The van der Waals surface area contributed by atoms with Gasteiger partial charge in [-0.25, -0.2) is 0 Å². The number of hydrogen-bond donors (Lipinski definition) is 2. The van der Waals surface area contributed by atoms with E-state index in [4.69, 9.17) is 0 Å². The van der Waals surface area contributed by atoms with Crippen LogP contribution in [0.3, 0.4) is 0 Å². The van der Waals surface area contributed by atoms with Crippen molar-refractivity contribution in [2.75, 3.05) is 5.32 Å². The van der Waals surface area contributed by atoms with Gasteiger partial charge in [-0.3, -0.25) is 4.98 Å². The normalized spacial score (nSPS) is 25.7. The minimum absolute atomic E-state index is 0.0517. The largest absolute Gasteiger partial charge is 0.392 e. The average molecular weight is 242 g/mol. The van der Waals surface area contributed by atoms with Crippen molar-refractivity contribution in [3.63, 3.8) is 0 Å². The van der Waals surface area contributed by atoms with Crippen molar-refractivity contribution < 1.29 is 5.11 Å². The number of rotatable bonds is 2. The highest BCUT2D eigenvalue weighted by Gasteiger charge is 2.47. The van der Waals surface area contributed by atoms with Crippen LogP contribution in [0.5, 0.6) is 0 Å². The monoisotopic (exact) mass is 242 g/mol. The van der Waals surface area contributed by atoms with E-state index >= 15 is 0 Å². The van der Waals surface area contributed by atoms with E-state index in [0.717, 1.165) is 23.0 Å². The number of hydrogen-bond acceptors (Lipinski definition) is 3. The molecule has 0 radical (unpaired) electrons. The van der Waals surface area contributed by atoms with Gasteiger partial charge in [-0.1, -0.05) is 19.9 Å². The lowest BCUT2D eigenvalue weighted by molar-refractivity contribution is -0.0510. The van der Waals surface area contributed by atoms with E-state index in [1.54, 1.807) is 6.20 Å². The second-order valence-electron chi connectivity index (χ2n) is 5.68. The lowest BCUT2D eigenvalue weighted by Gasteiger charge is -2.49. The molecule has 1 aromatic heterocycles. The van der Waals surface area contributed by atoms with Crippen molar-refractivity contribution in [1.82, 2.24) is 4.98 Å². The molecule has 0 amide bonds. The molecular weight excluding hydrogens is 224 g/mol. The van der Waals surface area contributed by atoms with Gasteiger partial charge in [0.25, 0.3) is 0 Å². The van der Waals surface area contributed by atoms with Crippen molar-refractivity contribution in [3.8, 4) is 0 Å². The zero-order chi connectivity index (χ0) is 12.8. The van der Waals surface area contributed by atoms with Crippen LogP contribution in [0.25, 0.3) is 10.9 Å². The summed E-state index contributed by atoms with van der Waals surface area (Å²) in [6.45, 7) is 4.20. The number of aliphatic hydroxyl groups excluding tert-OH is 1. The summed E-state index contributed by atoms with van der Waals surface area (Å²) in [7, 11) is 0. The fraction of sp³-hybridized carbons (Fsp3) is 0.400. The van der Waals surface area contributed by atoms with Gasteiger partial charge in [-0.15, -0.1) is 0 Å². The third-order valence-corrected chi connectivity index (χ3v) is 4.16. The molecule has 1 saturated carbocycles. The summed E-state index contributed by atoms with van der Waals surface area (Å²) in [5.41, 5.74) is 2.06. The topological polar surface area (TPSA) is 45.1 Å². The minimum atomic E-state index is -0.197. The Morgan fingerprint density at radius 1 is 1.33 bits per heavy atom. The fourth-order valence-electron chi connectivity index (χ4n) is 2.51. The Balaban J connectivity index is 1.83. The van der Waals surface area contributed by atoms with Gasteiger partial charge in [0.1, 0.15) is 0 Å². The lowest BCUT2D eigenvalue weighted by atomic mass is 9.64. The predicted octanol–water partition coefficient (Wildman–Crippen LogP) is 2.81. The van der Waals surface area contributed by atoms with E-state index in [1.165, 1.54) is 0 Å². The molecule has 94 valence electrons. The molecule has 3 rings (SSSR count). The van der Waals surface area contributed by atoms with Crippen molar-refractivity contribution in [1.29, 1.82) is 0 Å². The van der Waals surface area contributed by atoms with E-state index in [1.807, 2.05) is 12.1 Å². The van der Waals surface area contributed by atoms with Gasteiger partial charge < -0.3 is 10.4 Å². The smallest absolute Gasteiger partial charge is 0.0703 e. The number of pyridine rings is 1. The standard InChI is InChI=1S/C15H18N2O/c1-15(2)13(9-14(15)18)17-11-5-6-12-10(8-11)4-3-7-16-12/h3-8,13-14,17-18H,9H2,1-2H3. The molecule has 0 bridgehead atoms. The molecule has 2 aromatic rings. The van der Waals surface area contributed by atoms with Crippen LogP contribution in [0.4, 0.5) is 5.69 Å². The maximum atomic E-state index is 9.75. The number of aromatic nitrogens is 1. The summed E-state index contributed by atoms with van der Waals surface area (Å²) in [6, 6.07) is 10.5. The molecule has 2 N–H and O–H groups in total. The van der Waals surface area contributed by atoms with Crippen LogP contribution < -0.4 is 5.32 Å². The molecule has 1 aliphatic rings. The van der Waals surface area contributed by atoms with Crippen LogP contribution in [-0.2, 0) is 0 Å². The molecule has 1 aliphatic carbocycles. The van der Waals surface area contributed by atoms with E-state index in [9.17, 15) is 5.11 Å². The molecule has 0 aliphatic heterocycles. The predicted molar refractivity (Wildman–Crippen MR) is 73.6 cm³/mol. The molecule has 2 unspecified atom stereocenters. The summed E-state index contributed by atoms with van der Waals surface area (Å²) < 4.78 is 0. The molecule has 3 heteroatoms. The summed E-state index contributed by atoms with van der Waals surface area (Å²) in [5, 5.41) is 14.4. The number of nitrogens with zero attached hydrogens (tertiary/aromatic N) is 1. The lowest BCUT2D eigenvalue weighted by Crippen LogP contribution is -2.56. The fourth-order valence-corrected chi connectivity index (χ4v) is 2.51. The van der Waals surface area contributed by atoms with Crippen LogP contribution in [-0.4, -0.2) is 22.2 Å². The minimum Gasteiger partial charge on any atom is -0.392 e. The van der Waals surface area contributed by atoms with Crippen LogP contribution in [0.15, 0.2) is 36.5 Å². The second kappa shape index (κ2) is 3.95. The second-order valence-corrected chi connectivity index (χ2v) is 5.68. The first-order chi connectivity index (χ1) is 8.57. The zero-order valence-electron chi connectivity index (χ0n) is 10.7. The Morgan fingerprint density at radius 2 is 2.17 bits per heavy atom. The molecule has 0 saturated heterocycles. The molecule has 0 spiro atoms. The highest BCUT2D eigenvalue weighted by atomic mass is 16.3. The Kier molecular flexibility index (Phi) is 2.52. The molecule has 3 nitrogen and oxygen atoms in total. The van der Waals surface area contributed by atoms with Gasteiger partial charge in [-0.05, 0) is 30.7 Å². The van der Waals surface area contributed by atoms with Gasteiger partial charge in [0, 0.05) is 28.7 Å². The number of aliphatic hydroxyl groups is 1. The molecule has 1 fully saturated rings. The van der Waals surface area contributed by atoms with Crippen molar-refractivity contribution in [3.05, 3.63) is 36.5 Å². The van der Waals surface area contributed by atoms with E-state index < -0.39 is 0 Å². The number of benzene rings is 1. The van der Waals surface area contributed by atoms with Crippen LogP contribution in [0.1, 0.15) is 20.3 Å². The van der Waals surface area contributed by atoms with E-state index in [2.05, 4.69) is 42.3 Å². The average Bonchev–Trinajstić information content (AvgIpc) is 2.38. The van der Waals surface area contributed by atoms with Crippen molar-refractivity contribution >= 4 is 16.6 Å². The van der Waals surface area contributed by atoms with Gasteiger partial charge in [0.15, 0.2) is 0 Å². The number of nitrogens with one attached hydrogen (secondary N) is 1. The summed E-state index contributed by atoms with van der Waals surface area (Å²) in [4.78, 5) is 4.31. The van der Waals surface area contributed by atoms with Gasteiger partial charge in [0.05, 0.1) is 11.6 Å². The van der Waals surface area contributed by atoms with Gasteiger partial charge >= 0.3 is 0 Å². The zero-order valence-corrected chi connectivity index (χ0v) is 10.7. The Morgan fingerprint density at radius 3 is 2.89 bits per heavy atom. The highest BCUT2D eigenvalue weighted by Crippen LogP contribution is 2.42.